The van der Waals surface area contributed by atoms with Gasteiger partial charge < -0.3 is 10.3 Å². The minimum absolute atomic E-state index is 0.0293. The van der Waals surface area contributed by atoms with Crippen LogP contribution in [0.1, 0.15) is 13.8 Å². The molecule has 4 nitrogen and oxygen atoms in total. The predicted octanol–water partition coefficient (Wildman–Crippen LogP) is 0.0600. The van der Waals surface area contributed by atoms with E-state index in [1.165, 1.54) is 6.92 Å². The summed E-state index contributed by atoms with van der Waals surface area (Å²) >= 11 is 0. The second kappa shape index (κ2) is 4.71. The minimum atomic E-state index is -0.0293. The van der Waals surface area contributed by atoms with Crippen LogP contribution >= 0.6 is 0 Å². The lowest BCUT2D eigenvalue weighted by atomic mass is 10.4. The highest BCUT2D eigenvalue weighted by molar-refractivity contribution is 5.87. The number of nitrogens with one attached hydrogen (secondary N) is 1. The van der Waals surface area contributed by atoms with Crippen molar-refractivity contribution in [1.82, 2.24) is 10.3 Å². The third-order valence-corrected chi connectivity index (χ3v) is 0.964. The average Bonchev–Trinajstić information content (AvgIpc) is 1.82. The SMILES string of the molecule is CC(=O)NC/C(C)=N/N(C)C. The van der Waals surface area contributed by atoms with E-state index in [1.807, 2.05) is 21.0 Å². The van der Waals surface area contributed by atoms with E-state index >= 15 is 0 Å². The van der Waals surface area contributed by atoms with Crippen molar-refractivity contribution in [1.29, 1.82) is 0 Å². The molecule has 0 saturated heterocycles. The van der Waals surface area contributed by atoms with Gasteiger partial charge in [-0.05, 0) is 6.92 Å². The average molecular weight is 157 g/mol. The molecule has 64 valence electrons. The molecule has 0 aliphatic heterocycles. The monoisotopic (exact) mass is 157 g/mol. The maximum atomic E-state index is 10.5. The van der Waals surface area contributed by atoms with Gasteiger partial charge in [0, 0.05) is 21.0 Å². The van der Waals surface area contributed by atoms with Crippen LogP contribution in [0.15, 0.2) is 5.10 Å². The lowest BCUT2D eigenvalue weighted by molar-refractivity contribution is -0.118. The molecule has 0 radical (unpaired) electrons. The van der Waals surface area contributed by atoms with Crippen LogP contribution in [-0.4, -0.2) is 37.3 Å². The summed E-state index contributed by atoms with van der Waals surface area (Å²) in [6, 6.07) is 0. The highest BCUT2D eigenvalue weighted by Gasteiger charge is 1.93. The Balaban J connectivity index is 3.68. The Morgan fingerprint density at radius 1 is 1.45 bits per heavy atom. The number of nitrogens with zero attached hydrogens (tertiary/aromatic N) is 2. The Bertz CT molecular complexity index is 163. The third kappa shape index (κ3) is 6.83. The minimum Gasteiger partial charge on any atom is -0.351 e. The van der Waals surface area contributed by atoms with Crippen molar-refractivity contribution in [2.24, 2.45) is 5.10 Å². The van der Waals surface area contributed by atoms with Gasteiger partial charge >= 0.3 is 0 Å². The second-order valence-electron chi connectivity index (χ2n) is 2.59. The van der Waals surface area contributed by atoms with Crippen LogP contribution < -0.4 is 5.32 Å². The van der Waals surface area contributed by atoms with E-state index in [2.05, 4.69) is 10.4 Å². The van der Waals surface area contributed by atoms with Crippen molar-refractivity contribution in [2.75, 3.05) is 20.6 Å². The Kier molecular flexibility index (Phi) is 4.26. The van der Waals surface area contributed by atoms with Gasteiger partial charge in [-0.25, -0.2) is 0 Å². The first-order valence-electron chi connectivity index (χ1n) is 3.48. The first-order valence-corrected chi connectivity index (χ1v) is 3.48. The molecule has 4 heteroatoms. The Labute approximate surface area is 67.3 Å². The molecule has 0 unspecified atom stereocenters. The molecule has 0 aliphatic rings. The molecule has 0 fully saturated rings. The van der Waals surface area contributed by atoms with Gasteiger partial charge in [0.25, 0.3) is 0 Å². The zero-order valence-corrected chi connectivity index (χ0v) is 7.51. The maximum Gasteiger partial charge on any atom is 0.217 e. The normalized spacial score (nSPS) is 11.1. The van der Waals surface area contributed by atoms with Crippen LogP contribution in [0.4, 0.5) is 0 Å². The smallest absolute Gasteiger partial charge is 0.217 e. The molecule has 0 aromatic rings. The molecule has 0 aromatic heterocycles. The molecular weight excluding hydrogens is 142 g/mol. The van der Waals surface area contributed by atoms with Crippen molar-refractivity contribution in [3.8, 4) is 0 Å². The number of hydrazone groups is 1. The van der Waals surface area contributed by atoms with Gasteiger partial charge in [0.1, 0.15) is 0 Å². The summed E-state index contributed by atoms with van der Waals surface area (Å²) in [6.07, 6.45) is 0. The Hall–Kier alpha value is -1.06. The number of amides is 1. The van der Waals surface area contributed by atoms with E-state index in [1.54, 1.807) is 5.01 Å². The fraction of sp³-hybridized carbons (Fsp3) is 0.714. The first-order chi connectivity index (χ1) is 5.02. The number of carbonyl (C=O) groups excluding carboxylic acids is 1. The van der Waals surface area contributed by atoms with Gasteiger partial charge in [0.2, 0.25) is 5.91 Å². The van der Waals surface area contributed by atoms with Gasteiger partial charge in [-0.1, -0.05) is 0 Å². The van der Waals surface area contributed by atoms with E-state index in [0.717, 1.165) is 5.71 Å². The zero-order valence-electron chi connectivity index (χ0n) is 7.51. The van der Waals surface area contributed by atoms with Crippen LogP contribution in [0.2, 0.25) is 0 Å². The van der Waals surface area contributed by atoms with Crippen LogP contribution in [0.5, 0.6) is 0 Å². The van der Waals surface area contributed by atoms with Crippen molar-refractivity contribution in [3.05, 3.63) is 0 Å². The van der Waals surface area contributed by atoms with Crippen molar-refractivity contribution in [3.63, 3.8) is 0 Å². The zero-order chi connectivity index (χ0) is 8.85. The van der Waals surface area contributed by atoms with Crippen molar-refractivity contribution in [2.45, 2.75) is 13.8 Å². The summed E-state index contributed by atoms with van der Waals surface area (Å²) < 4.78 is 0. The Morgan fingerprint density at radius 3 is 2.36 bits per heavy atom. The molecule has 0 atom stereocenters. The Morgan fingerprint density at radius 2 is 2.00 bits per heavy atom. The quantitative estimate of drug-likeness (QED) is 0.465. The number of hydrogen-bond donors (Lipinski definition) is 1. The van der Waals surface area contributed by atoms with Gasteiger partial charge in [-0.3, -0.25) is 4.79 Å². The summed E-state index contributed by atoms with van der Waals surface area (Å²) in [4.78, 5) is 10.5. The van der Waals surface area contributed by atoms with E-state index < -0.39 is 0 Å². The standard InChI is InChI=1S/C7H15N3O/c1-6(9-10(3)4)5-8-7(2)11/h5H2,1-4H3,(H,8,11)/b9-6+. The van der Waals surface area contributed by atoms with Gasteiger partial charge in [0.05, 0.1) is 12.3 Å². The van der Waals surface area contributed by atoms with Gasteiger partial charge in [-0.15, -0.1) is 0 Å². The van der Waals surface area contributed by atoms with Crippen LogP contribution in [0, 0.1) is 0 Å². The molecule has 11 heavy (non-hydrogen) atoms. The molecular formula is C7H15N3O. The number of rotatable bonds is 3. The summed E-state index contributed by atoms with van der Waals surface area (Å²) in [7, 11) is 3.69. The van der Waals surface area contributed by atoms with Gasteiger partial charge in [0.15, 0.2) is 0 Å². The van der Waals surface area contributed by atoms with Crippen LogP contribution in [-0.2, 0) is 4.79 Å². The topological polar surface area (TPSA) is 44.7 Å². The second-order valence-corrected chi connectivity index (χ2v) is 2.59. The van der Waals surface area contributed by atoms with E-state index in [4.69, 9.17) is 0 Å². The first kappa shape index (κ1) is 9.94. The number of hydrogen-bond acceptors (Lipinski definition) is 3. The molecule has 0 aliphatic carbocycles. The molecule has 1 N–H and O–H groups in total. The van der Waals surface area contributed by atoms with Crippen LogP contribution in [0.3, 0.4) is 0 Å². The molecule has 0 rings (SSSR count). The molecule has 1 amide bonds. The molecule has 0 aromatic carbocycles. The molecule has 0 saturated carbocycles. The molecule has 0 bridgehead atoms. The summed E-state index contributed by atoms with van der Waals surface area (Å²) in [5.74, 6) is -0.0293. The fourth-order valence-electron chi connectivity index (χ4n) is 0.629. The summed E-state index contributed by atoms with van der Waals surface area (Å²) in [5.41, 5.74) is 0.894. The largest absolute Gasteiger partial charge is 0.351 e. The van der Waals surface area contributed by atoms with E-state index in [0.29, 0.717) is 6.54 Å². The summed E-state index contributed by atoms with van der Waals surface area (Å²) in [5, 5.41) is 8.44. The highest BCUT2D eigenvalue weighted by Crippen LogP contribution is 1.79. The summed E-state index contributed by atoms with van der Waals surface area (Å²) in [6.45, 7) is 3.88. The maximum absolute atomic E-state index is 10.5. The van der Waals surface area contributed by atoms with E-state index in [-0.39, 0.29) is 5.91 Å². The molecule has 0 spiro atoms. The highest BCUT2D eigenvalue weighted by atomic mass is 16.1. The van der Waals surface area contributed by atoms with Crippen LogP contribution in [0.25, 0.3) is 0 Å². The van der Waals surface area contributed by atoms with Crippen molar-refractivity contribution >= 4 is 11.6 Å². The lowest BCUT2D eigenvalue weighted by Crippen LogP contribution is -2.26. The predicted molar refractivity (Wildman–Crippen MR) is 45.5 cm³/mol. The van der Waals surface area contributed by atoms with E-state index in [9.17, 15) is 4.79 Å². The molecule has 0 heterocycles. The fourth-order valence-corrected chi connectivity index (χ4v) is 0.629. The number of carbonyl (C=O) groups is 1. The lowest BCUT2D eigenvalue weighted by Gasteiger charge is -2.06. The van der Waals surface area contributed by atoms with Gasteiger partial charge in [-0.2, -0.15) is 5.10 Å². The van der Waals surface area contributed by atoms with Crippen molar-refractivity contribution < 1.29 is 4.79 Å². The third-order valence-electron chi connectivity index (χ3n) is 0.964.